The maximum absolute atomic E-state index is 11.3. The van der Waals surface area contributed by atoms with Crippen molar-refractivity contribution >= 4 is 13.4 Å². The van der Waals surface area contributed by atoms with Gasteiger partial charge >= 0.3 is 7.60 Å². The molecule has 0 fully saturated rings. The number of ketones is 1. The first-order chi connectivity index (χ1) is 7.52. The molecule has 96 valence electrons. The van der Waals surface area contributed by atoms with E-state index in [1.165, 1.54) is 13.8 Å². The molecule has 0 aromatic heterocycles. The lowest BCUT2D eigenvalue weighted by molar-refractivity contribution is -0.121. The van der Waals surface area contributed by atoms with E-state index in [1.807, 2.05) is 0 Å². The van der Waals surface area contributed by atoms with Crippen molar-refractivity contribution in [1.82, 2.24) is 0 Å². The van der Waals surface area contributed by atoms with Gasteiger partial charge in [-0.1, -0.05) is 6.42 Å². The minimum atomic E-state index is -3.02. The highest BCUT2D eigenvalue weighted by molar-refractivity contribution is 7.52. The van der Waals surface area contributed by atoms with Crippen LogP contribution in [-0.4, -0.2) is 39.9 Å². The summed E-state index contributed by atoms with van der Waals surface area (Å²) < 4.78 is 25.7. The Morgan fingerprint density at radius 3 is 2.44 bits per heavy atom. The fraction of sp³-hybridized carbons (Fsp3) is 0.900. The number of unbranched alkanes of at least 4 members (excludes halogenated alkanes) is 2. The molecule has 0 aromatic carbocycles. The molecule has 0 bridgehead atoms. The van der Waals surface area contributed by atoms with E-state index in [4.69, 9.17) is 9.26 Å². The van der Waals surface area contributed by atoms with E-state index in [9.17, 15) is 9.36 Å². The van der Waals surface area contributed by atoms with E-state index in [1.54, 1.807) is 7.11 Å². The zero-order chi connectivity index (χ0) is 12.4. The number of hydrogen-bond acceptors (Lipinski definition) is 5. The molecule has 0 N–H and O–H groups in total. The van der Waals surface area contributed by atoms with Crippen LogP contribution in [0.15, 0.2) is 0 Å². The van der Waals surface area contributed by atoms with Crippen LogP contribution in [0.1, 0.15) is 25.7 Å². The Kier molecular flexibility index (Phi) is 8.76. The molecule has 0 spiro atoms. The highest BCUT2D eigenvalue weighted by Crippen LogP contribution is 2.42. The average Bonchev–Trinajstić information content (AvgIpc) is 2.26. The van der Waals surface area contributed by atoms with E-state index in [0.29, 0.717) is 6.42 Å². The second-order valence-electron chi connectivity index (χ2n) is 3.57. The Bertz CT molecular complexity index is 241. The van der Waals surface area contributed by atoms with Gasteiger partial charge in [0.05, 0.1) is 0 Å². The van der Waals surface area contributed by atoms with Gasteiger partial charge in [0.15, 0.2) is 5.78 Å². The number of hydrogen-bond donors (Lipinski definition) is 0. The molecule has 0 amide bonds. The molecular formula is C10H21O5P. The van der Waals surface area contributed by atoms with E-state index in [0.717, 1.165) is 25.9 Å². The largest absolute Gasteiger partial charge is 0.385 e. The van der Waals surface area contributed by atoms with E-state index in [2.05, 4.69) is 4.52 Å². The molecule has 5 nitrogen and oxygen atoms in total. The fourth-order valence-corrected chi connectivity index (χ4v) is 1.54. The van der Waals surface area contributed by atoms with Crippen LogP contribution in [0.3, 0.4) is 0 Å². The maximum atomic E-state index is 11.3. The lowest BCUT2D eigenvalue weighted by Crippen LogP contribution is -2.07. The van der Waals surface area contributed by atoms with Crippen molar-refractivity contribution in [3.05, 3.63) is 0 Å². The molecule has 0 aliphatic carbocycles. The maximum Gasteiger partial charge on any atom is 0.327 e. The van der Waals surface area contributed by atoms with E-state index < -0.39 is 7.60 Å². The molecule has 16 heavy (non-hydrogen) atoms. The number of carbonyl (C=O) groups is 1. The van der Waals surface area contributed by atoms with E-state index in [-0.39, 0.29) is 12.4 Å². The third-order valence-corrected chi connectivity index (χ3v) is 3.36. The number of ether oxygens (including phenoxy) is 1. The second kappa shape index (κ2) is 8.88. The molecule has 1 unspecified atom stereocenters. The Balaban J connectivity index is 3.49. The predicted octanol–water partition coefficient (Wildman–Crippen LogP) is 2.25. The van der Waals surface area contributed by atoms with Crippen LogP contribution < -0.4 is 0 Å². The first kappa shape index (κ1) is 15.8. The van der Waals surface area contributed by atoms with Gasteiger partial charge < -0.3 is 13.8 Å². The summed E-state index contributed by atoms with van der Waals surface area (Å²) in [6.07, 6.45) is 3.17. The molecule has 0 saturated carbocycles. The van der Waals surface area contributed by atoms with Gasteiger partial charge in [0.1, 0.15) is 6.61 Å². The van der Waals surface area contributed by atoms with Crippen LogP contribution >= 0.6 is 7.60 Å². The highest BCUT2D eigenvalue weighted by Gasteiger charge is 2.16. The van der Waals surface area contributed by atoms with Crippen LogP contribution in [0, 0.1) is 0 Å². The molecule has 0 radical (unpaired) electrons. The molecular weight excluding hydrogens is 231 g/mol. The lowest BCUT2D eigenvalue weighted by Gasteiger charge is -2.10. The van der Waals surface area contributed by atoms with Crippen molar-refractivity contribution in [1.29, 1.82) is 0 Å². The van der Waals surface area contributed by atoms with E-state index >= 15 is 0 Å². The Morgan fingerprint density at radius 2 is 1.88 bits per heavy atom. The fourth-order valence-electron chi connectivity index (χ4n) is 1.06. The number of methoxy groups -OCH3 is 1. The zero-order valence-corrected chi connectivity index (χ0v) is 11.1. The van der Waals surface area contributed by atoms with Gasteiger partial charge in [0, 0.05) is 33.9 Å². The summed E-state index contributed by atoms with van der Waals surface area (Å²) >= 11 is 0. The van der Waals surface area contributed by atoms with Crippen LogP contribution in [-0.2, 0) is 23.1 Å². The second-order valence-corrected chi connectivity index (χ2v) is 5.74. The van der Waals surface area contributed by atoms with Crippen molar-refractivity contribution in [2.45, 2.75) is 25.7 Å². The van der Waals surface area contributed by atoms with Crippen molar-refractivity contribution in [2.24, 2.45) is 0 Å². The monoisotopic (exact) mass is 252 g/mol. The molecule has 0 heterocycles. The Morgan fingerprint density at radius 1 is 1.19 bits per heavy atom. The van der Waals surface area contributed by atoms with Crippen molar-refractivity contribution < 1.29 is 23.1 Å². The smallest absolute Gasteiger partial charge is 0.327 e. The number of Topliss-reactive ketones (excluding diaryl/α,β-unsaturated/α-hetero) is 1. The highest BCUT2D eigenvalue weighted by atomic mass is 31.2. The van der Waals surface area contributed by atoms with Crippen LogP contribution in [0.2, 0.25) is 0 Å². The topological polar surface area (TPSA) is 61.8 Å². The summed E-state index contributed by atoms with van der Waals surface area (Å²) in [6, 6.07) is 0. The van der Waals surface area contributed by atoms with Crippen molar-refractivity contribution in [3.8, 4) is 0 Å². The van der Waals surface area contributed by atoms with Crippen LogP contribution in [0.4, 0.5) is 0 Å². The third kappa shape index (κ3) is 9.04. The normalized spacial score (nSPS) is 14.7. The Labute approximate surface area is 97.0 Å². The lowest BCUT2D eigenvalue weighted by atomic mass is 10.1. The van der Waals surface area contributed by atoms with Gasteiger partial charge in [0.25, 0.3) is 0 Å². The van der Waals surface area contributed by atoms with Gasteiger partial charge in [-0.2, -0.15) is 0 Å². The third-order valence-electron chi connectivity index (χ3n) is 2.10. The van der Waals surface area contributed by atoms with Crippen LogP contribution in [0.5, 0.6) is 0 Å². The zero-order valence-electron chi connectivity index (χ0n) is 10.2. The SMILES string of the molecule is COCCCCCC(=O)COP(C)(=O)OC. The minimum absolute atomic E-state index is 0.0449. The minimum Gasteiger partial charge on any atom is -0.385 e. The summed E-state index contributed by atoms with van der Waals surface area (Å²) in [5, 5.41) is 0. The molecule has 0 aliphatic heterocycles. The summed E-state index contributed by atoms with van der Waals surface area (Å²) in [6.45, 7) is 1.93. The average molecular weight is 252 g/mol. The summed E-state index contributed by atoms with van der Waals surface area (Å²) in [5.74, 6) is -0.0449. The first-order valence-electron chi connectivity index (χ1n) is 5.30. The predicted molar refractivity (Wildman–Crippen MR) is 61.8 cm³/mol. The van der Waals surface area contributed by atoms with Crippen molar-refractivity contribution in [2.75, 3.05) is 34.1 Å². The molecule has 0 aliphatic rings. The Hall–Kier alpha value is -0.220. The standard InChI is InChI=1S/C10H21O5P/c1-13-8-6-4-5-7-10(11)9-15-16(3,12)14-2/h4-9H2,1-3H3. The van der Waals surface area contributed by atoms with Gasteiger partial charge in [-0.25, -0.2) is 0 Å². The molecule has 1 atom stereocenters. The summed E-state index contributed by atoms with van der Waals surface area (Å²) in [7, 11) is -0.0610. The number of rotatable bonds is 10. The van der Waals surface area contributed by atoms with Gasteiger partial charge in [-0.05, 0) is 12.8 Å². The van der Waals surface area contributed by atoms with Crippen LogP contribution in [0.25, 0.3) is 0 Å². The van der Waals surface area contributed by atoms with Gasteiger partial charge in [0.2, 0.25) is 0 Å². The quantitative estimate of drug-likeness (QED) is 0.441. The summed E-state index contributed by atoms with van der Waals surface area (Å²) in [4.78, 5) is 11.3. The molecule has 0 aromatic rings. The van der Waals surface area contributed by atoms with Gasteiger partial charge in [-0.3, -0.25) is 9.36 Å². The van der Waals surface area contributed by atoms with Gasteiger partial charge in [-0.15, -0.1) is 0 Å². The molecule has 6 heteroatoms. The molecule has 0 saturated heterocycles. The summed E-state index contributed by atoms with van der Waals surface area (Å²) in [5.41, 5.74) is 0. The van der Waals surface area contributed by atoms with Crippen molar-refractivity contribution in [3.63, 3.8) is 0 Å². The molecule has 0 rings (SSSR count). The first-order valence-corrected chi connectivity index (χ1v) is 7.29. The number of carbonyl (C=O) groups excluding carboxylic acids is 1.